The second-order valence-corrected chi connectivity index (χ2v) is 5.14. The fourth-order valence-corrected chi connectivity index (χ4v) is 2.06. The van der Waals surface area contributed by atoms with E-state index < -0.39 is 0 Å². The van der Waals surface area contributed by atoms with Gasteiger partial charge in [-0.3, -0.25) is 4.79 Å². The third-order valence-corrected chi connectivity index (χ3v) is 3.05. The lowest BCUT2D eigenvalue weighted by Crippen LogP contribution is -2.06. The third-order valence-electron chi connectivity index (χ3n) is 3.05. The van der Waals surface area contributed by atoms with Crippen LogP contribution in [0.15, 0.2) is 48.5 Å². The number of methoxy groups -OCH3 is 1. The first-order valence-corrected chi connectivity index (χ1v) is 7.01. The van der Waals surface area contributed by atoms with Gasteiger partial charge in [0.15, 0.2) is 5.78 Å². The first-order valence-electron chi connectivity index (χ1n) is 7.01. The van der Waals surface area contributed by atoms with Gasteiger partial charge in [0.05, 0.1) is 13.2 Å². The molecule has 0 bridgehead atoms. The maximum atomic E-state index is 12.3. The molecule has 0 fully saturated rings. The number of hydrogen-bond acceptors (Lipinski definition) is 3. The first-order chi connectivity index (χ1) is 10.1. The molecule has 0 aromatic heterocycles. The van der Waals surface area contributed by atoms with Crippen molar-refractivity contribution < 1.29 is 14.3 Å². The van der Waals surface area contributed by atoms with E-state index in [1.165, 1.54) is 0 Å². The lowest BCUT2D eigenvalue weighted by molar-refractivity contribution is 0.0993. The molecular formula is C18H20O3. The molecule has 0 saturated heterocycles. The summed E-state index contributed by atoms with van der Waals surface area (Å²) in [7, 11) is 1.62. The number of hydrogen-bond donors (Lipinski definition) is 0. The van der Waals surface area contributed by atoms with E-state index in [1.807, 2.05) is 50.2 Å². The predicted octanol–water partition coefficient (Wildman–Crippen LogP) is 3.91. The van der Waals surface area contributed by atoms with Gasteiger partial charge in [0.2, 0.25) is 0 Å². The van der Waals surface area contributed by atoms with E-state index in [1.54, 1.807) is 19.2 Å². The molecule has 0 saturated carbocycles. The number of carbonyl (C=O) groups excluding carboxylic acids is 1. The fourth-order valence-electron chi connectivity index (χ4n) is 2.06. The summed E-state index contributed by atoms with van der Waals surface area (Å²) in [6.45, 7) is 3.95. The lowest BCUT2D eigenvalue weighted by Gasteiger charge is -2.10. The summed E-state index contributed by atoms with van der Waals surface area (Å²) in [6.07, 6.45) is 0.491. The maximum absolute atomic E-state index is 12.3. The Bertz CT molecular complexity index is 600. The molecule has 0 atom stereocenters. The van der Waals surface area contributed by atoms with E-state index in [4.69, 9.17) is 9.47 Å². The zero-order valence-electron chi connectivity index (χ0n) is 12.6. The van der Waals surface area contributed by atoms with Gasteiger partial charge < -0.3 is 9.47 Å². The number of carbonyl (C=O) groups is 1. The monoisotopic (exact) mass is 284 g/mol. The highest BCUT2D eigenvalue weighted by Crippen LogP contribution is 2.17. The Morgan fingerprint density at radius 2 is 1.76 bits per heavy atom. The van der Waals surface area contributed by atoms with Crippen molar-refractivity contribution in [2.24, 2.45) is 0 Å². The van der Waals surface area contributed by atoms with Crippen LogP contribution in [-0.4, -0.2) is 19.0 Å². The summed E-state index contributed by atoms with van der Waals surface area (Å²) in [6, 6.07) is 14.8. The van der Waals surface area contributed by atoms with Crippen molar-refractivity contribution in [3.05, 3.63) is 59.7 Å². The molecule has 0 spiro atoms. The standard InChI is InChI=1S/C18H20O3/c1-13(2)21-16-9-7-15(8-10-16)18(19)12-14-5-4-6-17(11-14)20-3/h4-11,13H,12H2,1-3H3. The third kappa shape index (κ3) is 4.35. The van der Waals surface area contributed by atoms with Crippen LogP contribution in [0.25, 0.3) is 0 Å². The van der Waals surface area contributed by atoms with Gasteiger partial charge in [0.25, 0.3) is 0 Å². The van der Waals surface area contributed by atoms with Gasteiger partial charge in [-0.25, -0.2) is 0 Å². The highest BCUT2D eigenvalue weighted by molar-refractivity contribution is 5.97. The normalized spacial score (nSPS) is 10.5. The molecule has 0 heterocycles. The summed E-state index contributed by atoms with van der Waals surface area (Å²) in [5, 5.41) is 0. The van der Waals surface area contributed by atoms with Crippen LogP contribution in [0.1, 0.15) is 29.8 Å². The van der Waals surface area contributed by atoms with Crippen LogP contribution in [0.3, 0.4) is 0 Å². The van der Waals surface area contributed by atoms with Gasteiger partial charge in [-0.1, -0.05) is 12.1 Å². The van der Waals surface area contributed by atoms with Crippen molar-refractivity contribution in [1.29, 1.82) is 0 Å². The Morgan fingerprint density at radius 3 is 2.38 bits per heavy atom. The van der Waals surface area contributed by atoms with Gasteiger partial charge in [0, 0.05) is 12.0 Å². The molecule has 2 aromatic carbocycles. The van der Waals surface area contributed by atoms with E-state index in [0.29, 0.717) is 12.0 Å². The quantitative estimate of drug-likeness (QED) is 0.754. The second kappa shape index (κ2) is 6.93. The zero-order chi connectivity index (χ0) is 15.2. The van der Waals surface area contributed by atoms with Crippen LogP contribution in [0.4, 0.5) is 0 Å². The van der Waals surface area contributed by atoms with Gasteiger partial charge >= 0.3 is 0 Å². The Balaban J connectivity index is 2.05. The summed E-state index contributed by atoms with van der Waals surface area (Å²) >= 11 is 0. The van der Waals surface area contributed by atoms with Crippen molar-refractivity contribution >= 4 is 5.78 Å². The Kier molecular flexibility index (Phi) is 4.99. The van der Waals surface area contributed by atoms with Crippen LogP contribution < -0.4 is 9.47 Å². The average molecular weight is 284 g/mol. The van der Waals surface area contributed by atoms with Crippen molar-refractivity contribution in [2.45, 2.75) is 26.4 Å². The molecule has 0 amide bonds. The van der Waals surface area contributed by atoms with E-state index in [0.717, 1.165) is 17.1 Å². The summed E-state index contributed by atoms with van der Waals surface area (Å²) in [4.78, 5) is 12.3. The average Bonchev–Trinajstić information content (AvgIpc) is 2.47. The molecule has 0 aliphatic rings. The van der Waals surface area contributed by atoms with Crippen LogP contribution >= 0.6 is 0 Å². The predicted molar refractivity (Wildman–Crippen MR) is 83.2 cm³/mol. The van der Waals surface area contributed by atoms with E-state index >= 15 is 0 Å². The zero-order valence-corrected chi connectivity index (χ0v) is 12.6. The van der Waals surface area contributed by atoms with Gasteiger partial charge in [0.1, 0.15) is 11.5 Å². The van der Waals surface area contributed by atoms with Crippen molar-refractivity contribution in [3.63, 3.8) is 0 Å². The van der Waals surface area contributed by atoms with Crippen molar-refractivity contribution in [1.82, 2.24) is 0 Å². The van der Waals surface area contributed by atoms with Crippen molar-refractivity contribution in [3.8, 4) is 11.5 Å². The van der Waals surface area contributed by atoms with Crippen LogP contribution in [0.5, 0.6) is 11.5 Å². The molecule has 21 heavy (non-hydrogen) atoms. The molecule has 2 aromatic rings. The Hall–Kier alpha value is -2.29. The molecule has 3 heteroatoms. The molecule has 110 valence electrons. The van der Waals surface area contributed by atoms with Gasteiger partial charge in [-0.05, 0) is 55.8 Å². The summed E-state index contributed by atoms with van der Waals surface area (Å²) in [5.41, 5.74) is 1.63. The molecule has 0 unspecified atom stereocenters. The molecule has 0 aliphatic heterocycles. The minimum Gasteiger partial charge on any atom is -0.497 e. The van der Waals surface area contributed by atoms with E-state index in [2.05, 4.69) is 0 Å². The van der Waals surface area contributed by atoms with Crippen LogP contribution in [-0.2, 0) is 6.42 Å². The Morgan fingerprint density at radius 1 is 1.05 bits per heavy atom. The lowest BCUT2D eigenvalue weighted by atomic mass is 10.0. The second-order valence-electron chi connectivity index (χ2n) is 5.14. The molecule has 3 nitrogen and oxygen atoms in total. The van der Waals surface area contributed by atoms with E-state index in [9.17, 15) is 4.79 Å². The number of Topliss-reactive ketones (excluding diaryl/α,β-unsaturated/α-hetero) is 1. The summed E-state index contributed by atoms with van der Waals surface area (Å²) in [5.74, 6) is 1.63. The first kappa shape index (κ1) is 15.1. The fraction of sp³-hybridized carbons (Fsp3) is 0.278. The minimum atomic E-state index is 0.0827. The summed E-state index contributed by atoms with van der Waals surface area (Å²) < 4.78 is 10.7. The molecular weight excluding hydrogens is 264 g/mol. The van der Waals surface area contributed by atoms with Crippen LogP contribution in [0, 0.1) is 0 Å². The largest absolute Gasteiger partial charge is 0.497 e. The molecule has 0 aliphatic carbocycles. The molecule has 2 rings (SSSR count). The minimum absolute atomic E-state index is 0.0827. The molecule has 0 radical (unpaired) electrons. The maximum Gasteiger partial charge on any atom is 0.167 e. The number of ketones is 1. The van der Waals surface area contributed by atoms with E-state index in [-0.39, 0.29) is 11.9 Å². The highest BCUT2D eigenvalue weighted by Gasteiger charge is 2.08. The highest BCUT2D eigenvalue weighted by atomic mass is 16.5. The smallest absolute Gasteiger partial charge is 0.167 e. The SMILES string of the molecule is COc1cccc(CC(=O)c2ccc(OC(C)C)cc2)c1. The van der Waals surface area contributed by atoms with Crippen molar-refractivity contribution in [2.75, 3.05) is 7.11 Å². The number of benzene rings is 2. The van der Waals surface area contributed by atoms with Gasteiger partial charge in [-0.2, -0.15) is 0 Å². The van der Waals surface area contributed by atoms with Gasteiger partial charge in [-0.15, -0.1) is 0 Å². The number of ether oxygens (including phenoxy) is 2. The van der Waals surface area contributed by atoms with Crippen LogP contribution in [0.2, 0.25) is 0 Å². The Labute approximate surface area is 125 Å². The topological polar surface area (TPSA) is 35.5 Å². The molecule has 0 N–H and O–H groups in total. The number of rotatable bonds is 6.